The van der Waals surface area contributed by atoms with E-state index in [9.17, 15) is 9.59 Å². The van der Waals surface area contributed by atoms with Crippen LogP contribution in [0.2, 0.25) is 0 Å². The van der Waals surface area contributed by atoms with Gasteiger partial charge in [-0.2, -0.15) is 0 Å². The molecule has 0 aliphatic heterocycles. The standard InChI is InChI=1S/C25H31NO4/c1-6-29-22-13-8-7-10-19(22)14-15-24(28)30-16-23(27)26-25-20(17(2)3)11-9-12-21(25)18(4)5/h7-15,17-18H,6,16H2,1-5H3,(H,26,27)/b15-14+. The molecule has 0 spiro atoms. The largest absolute Gasteiger partial charge is 0.493 e. The van der Waals surface area contributed by atoms with Gasteiger partial charge in [0.1, 0.15) is 5.75 Å². The summed E-state index contributed by atoms with van der Waals surface area (Å²) in [5.74, 6) is 0.261. The molecule has 0 saturated carbocycles. The van der Waals surface area contributed by atoms with Gasteiger partial charge in [0, 0.05) is 17.3 Å². The highest BCUT2D eigenvalue weighted by Crippen LogP contribution is 2.32. The van der Waals surface area contributed by atoms with Gasteiger partial charge in [-0.1, -0.05) is 64.1 Å². The summed E-state index contributed by atoms with van der Waals surface area (Å²) in [6, 6.07) is 13.4. The summed E-state index contributed by atoms with van der Waals surface area (Å²) >= 11 is 0. The maximum Gasteiger partial charge on any atom is 0.331 e. The molecule has 30 heavy (non-hydrogen) atoms. The SMILES string of the molecule is CCOc1ccccc1/C=C/C(=O)OCC(=O)Nc1c(C(C)C)cccc1C(C)C. The molecule has 0 radical (unpaired) electrons. The molecule has 0 aliphatic carbocycles. The molecule has 2 rings (SSSR count). The monoisotopic (exact) mass is 409 g/mol. The number of hydrogen-bond donors (Lipinski definition) is 1. The second-order valence-corrected chi connectivity index (χ2v) is 7.58. The van der Waals surface area contributed by atoms with Crippen molar-refractivity contribution in [2.24, 2.45) is 0 Å². The number of ether oxygens (including phenoxy) is 2. The molecule has 0 heterocycles. The average molecular weight is 410 g/mol. The third kappa shape index (κ3) is 6.48. The van der Waals surface area contributed by atoms with Gasteiger partial charge in [-0.05, 0) is 42.0 Å². The Bertz CT molecular complexity index is 874. The van der Waals surface area contributed by atoms with Crippen LogP contribution in [-0.2, 0) is 14.3 Å². The maximum absolute atomic E-state index is 12.4. The Hall–Kier alpha value is -3.08. The quantitative estimate of drug-likeness (QED) is 0.437. The number of anilines is 1. The molecule has 0 aliphatic rings. The van der Waals surface area contributed by atoms with Crippen molar-refractivity contribution in [3.05, 3.63) is 65.2 Å². The molecule has 0 aromatic heterocycles. The van der Waals surface area contributed by atoms with Crippen molar-refractivity contribution in [1.82, 2.24) is 0 Å². The summed E-state index contributed by atoms with van der Waals surface area (Å²) in [4.78, 5) is 24.5. The Balaban J connectivity index is 2.01. The van der Waals surface area contributed by atoms with Gasteiger partial charge < -0.3 is 14.8 Å². The van der Waals surface area contributed by atoms with E-state index in [4.69, 9.17) is 9.47 Å². The van der Waals surface area contributed by atoms with E-state index in [1.54, 1.807) is 6.08 Å². The first-order chi connectivity index (χ1) is 14.3. The molecule has 5 nitrogen and oxygen atoms in total. The Kier molecular flexibility index (Phi) is 8.66. The second kappa shape index (κ2) is 11.2. The third-order valence-electron chi connectivity index (χ3n) is 4.60. The molecular weight excluding hydrogens is 378 g/mol. The summed E-state index contributed by atoms with van der Waals surface area (Å²) in [6.07, 6.45) is 2.92. The first-order valence-corrected chi connectivity index (χ1v) is 10.3. The highest BCUT2D eigenvalue weighted by atomic mass is 16.5. The Morgan fingerprint density at radius 1 is 0.967 bits per heavy atom. The van der Waals surface area contributed by atoms with Crippen LogP contribution in [0.25, 0.3) is 6.08 Å². The number of benzene rings is 2. The number of para-hydroxylation sites is 2. The zero-order valence-corrected chi connectivity index (χ0v) is 18.4. The van der Waals surface area contributed by atoms with E-state index in [1.807, 2.05) is 49.4 Å². The zero-order valence-electron chi connectivity index (χ0n) is 18.4. The second-order valence-electron chi connectivity index (χ2n) is 7.58. The molecule has 0 fully saturated rings. The topological polar surface area (TPSA) is 64.6 Å². The first kappa shape index (κ1) is 23.2. The number of esters is 1. The Morgan fingerprint density at radius 3 is 2.20 bits per heavy atom. The van der Waals surface area contributed by atoms with Crippen LogP contribution in [0.3, 0.4) is 0 Å². The summed E-state index contributed by atoms with van der Waals surface area (Å²) in [6.45, 7) is 10.4. The van der Waals surface area contributed by atoms with Gasteiger partial charge in [-0.25, -0.2) is 4.79 Å². The van der Waals surface area contributed by atoms with Gasteiger partial charge >= 0.3 is 5.97 Å². The summed E-state index contributed by atoms with van der Waals surface area (Å²) in [5, 5.41) is 2.94. The van der Waals surface area contributed by atoms with Crippen LogP contribution in [0.5, 0.6) is 5.75 Å². The molecule has 160 valence electrons. The van der Waals surface area contributed by atoms with E-state index in [0.717, 1.165) is 22.4 Å². The van der Waals surface area contributed by atoms with Crippen LogP contribution in [-0.4, -0.2) is 25.1 Å². The lowest BCUT2D eigenvalue weighted by molar-refractivity contribution is -0.142. The number of rotatable bonds is 9. The Labute approximate surface area is 179 Å². The van der Waals surface area contributed by atoms with Crippen LogP contribution in [0.4, 0.5) is 5.69 Å². The lowest BCUT2D eigenvalue weighted by Crippen LogP contribution is -2.22. The molecule has 2 aromatic rings. The van der Waals surface area contributed by atoms with Crippen LogP contribution in [0.15, 0.2) is 48.5 Å². The third-order valence-corrected chi connectivity index (χ3v) is 4.60. The molecule has 0 saturated heterocycles. The average Bonchev–Trinajstić information content (AvgIpc) is 2.71. The van der Waals surface area contributed by atoms with Crippen molar-refractivity contribution in [1.29, 1.82) is 0 Å². The maximum atomic E-state index is 12.4. The summed E-state index contributed by atoms with van der Waals surface area (Å²) in [7, 11) is 0. The van der Waals surface area contributed by atoms with Gasteiger partial charge in [0.25, 0.3) is 5.91 Å². The van der Waals surface area contributed by atoms with E-state index >= 15 is 0 Å². The van der Waals surface area contributed by atoms with Crippen molar-refractivity contribution >= 4 is 23.6 Å². The van der Waals surface area contributed by atoms with Gasteiger partial charge in [0.15, 0.2) is 6.61 Å². The zero-order chi connectivity index (χ0) is 22.1. The van der Waals surface area contributed by atoms with Gasteiger partial charge in [-0.3, -0.25) is 4.79 Å². The fourth-order valence-electron chi connectivity index (χ4n) is 3.12. The van der Waals surface area contributed by atoms with E-state index in [-0.39, 0.29) is 24.3 Å². The van der Waals surface area contributed by atoms with Gasteiger partial charge in [0.2, 0.25) is 0 Å². The molecule has 0 bridgehead atoms. The van der Waals surface area contributed by atoms with Crippen molar-refractivity contribution in [2.45, 2.75) is 46.5 Å². The van der Waals surface area contributed by atoms with E-state index in [0.29, 0.717) is 12.4 Å². The van der Waals surface area contributed by atoms with Gasteiger partial charge in [0.05, 0.1) is 6.61 Å². The lowest BCUT2D eigenvalue weighted by Gasteiger charge is -2.20. The van der Waals surface area contributed by atoms with E-state index in [2.05, 4.69) is 33.0 Å². The smallest absolute Gasteiger partial charge is 0.331 e. The fourth-order valence-corrected chi connectivity index (χ4v) is 3.12. The van der Waals surface area contributed by atoms with Crippen molar-refractivity contribution in [3.8, 4) is 5.75 Å². The normalized spacial score (nSPS) is 11.2. The molecule has 2 aromatic carbocycles. The highest BCUT2D eigenvalue weighted by Gasteiger charge is 2.16. The summed E-state index contributed by atoms with van der Waals surface area (Å²) < 4.78 is 10.6. The molecule has 0 unspecified atom stereocenters. The first-order valence-electron chi connectivity index (χ1n) is 10.3. The van der Waals surface area contributed by atoms with Crippen LogP contribution < -0.4 is 10.1 Å². The molecule has 5 heteroatoms. The van der Waals surface area contributed by atoms with Crippen LogP contribution >= 0.6 is 0 Å². The van der Waals surface area contributed by atoms with Crippen LogP contribution in [0.1, 0.15) is 63.1 Å². The van der Waals surface area contributed by atoms with E-state index < -0.39 is 5.97 Å². The number of nitrogens with one attached hydrogen (secondary N) is 1. The molecular formula is C25H31NO4. The predicted octanol–water partition coefficient (Wildman–Crippen LogP) is 5.53. The molecule has 0 atom stereocenters. The number of hydrogen-bond acceptors (Lipinski definition) is 4. The predicted molar refractivity (Wildman–Crippen MR) is 121 cm³/mol. The minimum Gasteiger partial charge on any atom is -0.493 e. The minimum absolute atomic E-state index is 0.259. The highest BCUT2D eigenvalue weighted by molar-refractivity contribution is 5.96. The van der Waals surface area contributed by atoms with Crippen molar-refractivity contribution < 1.29 is 19.1 Å². The summed E-state index contributed by atoms with van der Waals surface area (Å²) in [5.41, 5.74) is 3.71. The van der Waals surface area contributed by atoms with Crippen molar-refractivity contribution in [3.63, 3.8) is 0 Å². The number of amides is 1. The van der Waals surface area contributed by atoms with Gasteiger partial charge in [-0.15, -0.1) is 0 Å². The lowest BCUT2D eigenvalue weighted by atomic mass is 9.92. The minimum atomic E-state index is -0.585. The van der Waals surface area contributed by atoms with Crippen molar-refractivity contribution in [2.75, 3.05) is 18.5 Å². The molecule has 1 amide bonds. The van der Waals surface area contributed by atoms with Crippen LogP contribution in [0, 0.1) is 0 Å². The Morgan fingerprint density at radius 2 is 1.60 bits per heavy atom. The van der Waals surface area contributed by atoms with E-state index in [1.165, 1.54) is 6.08 Å². The fraction of sp³-hybridized carbons (Fsp3) is 0.360. The number of carbonyl (C=O) groups excluding carboxylic acids is 2. The molecule has 1 N–H and O–H groups in total. The number of carbonyl (C=O) groups is 2.